The van der Waals surface area contributed by atoms with Gasteiger partial charge in [-0.3, -0.25) is 9.59 Å². The summed E-state index contributed by atoms with van der Waals surface area (Å²) in [5, 5.41) is 18.2. The maximum Gasteiger partial charge on any atom is 0.309 e. The summed E-state index contributed by atoms with van der Waals surface area (Å²) in [5.41, 5.74) is -0.347. The van der Waals surface area contributed by atoms with E-state index in [9.17, 15) is 32.3 Å². The van der Waals surface area contributed by atoms with Crippen molar-refractivity contribution in [1.82, 2.24) is 0 Å². The Morgan fingerprint density at radius 3 is 2.03 bits per heavy atom. The van der Waals surface area contributed by atoms with Crippen LogP contribution < -0.4 is 4.74 Å². The van der Waals surface area contributed by atoms with Crippen LogP contribution in [0.3, 0.4) is 0 Å². The molecular weight excluding hydrogens is 496 g/mol. The Balaban J connectivity index is 0.000000153. The van der Waals surface area contributed by atoms with Crippen molar-refractivity contribution in [3.8, 4) is 11.5 Å². The lowest BCUT2D eigenvalue weighted by atomic mass is 9.94. The summed E-state index contributed by atoms with van der Waals surface area (Å²) in [6, 6.07) is 1.83. The molecule has 37 heavy (non-hydrogen) atoms. The van der Waals surface area contributed by atoms with Gasteiger partial charge in [0.25, 0.3) is 0 Å². The number of phenols is 1. The van der Waals surface area contributed by atoms with E-state index in [1.54, 1.807) is 6.92 Å². The molecule has 0 bridgehead atoms. The number of fused-ring (bicyclic) bond motifs is 4. The van der Waals surface area contributed by atoms with Crippen molar-refractivity contribution in [2.24, 2.45) is 11.8 Å². The maximum absolute atomic E-state index is 14.5. The molecule has 4 unspecified atom stereocenters. The predicted octanol–water partition coefficient (Wildman–Crippen LogP) is 4.70. The summed E-state index contributed by atoms with van der Waals surface area (Å²) in [6.45, 7) is 2.03. The summed E-state index contributed by atoms with van der Waals surface area (Å²) in [6.07, 6.45) is 2.68. The first-order valence-corrected chi connectivity index (χ1v) is 12.2. The van der Waals surface area contributed by atoms with Gasteiger partial charge in [-0.05, 0) is 56.6 Å². The lowest BCUT2D eigenvalue weighted by Crippen LogP contribution is -2.16. The Hall–Kier alpha value is -3.30. The van der Waals surface area contributed by atoms with Crippen LogP contribution in [0.5, 0.6) is 11.5 Å². The third-order valence-corrected chi connectivity index (χ3v) is 8.46. The second kappa shape index (κ2) is 8.63. The molecule has 6 nitrogen and oxygen atoms in total. The fourth-order valence-corrected chi connectivity index (χ4v) is 6.50. The van der Waals surface area contributed by atoms with Crippen molar-refractivity contribution in [3.63, 3.8) is 0 Å². The number of methoxy groups -OCH3 is 1. The topological polar surface area (TPSA) is 93.1 Å². The molecular formula is C27H26F4O6. The number of ether oxygens (including phenoxy) is 2. The second-order valence-corrected chi connectivity index (χ2v) is 10.2. The first-order chi connectivity index (χ1) is 17.5. The monoisotopic (exact) mass is 522 g/mol. The van der Waals surface area contributed by atoms with Gasteiger partial charge in [-0.15, -0.1) is 0 Å². The van der Waals surface area contributed by atoms with Crippen molar-refractivity contribution in [2.45, 2.75) is 56.3 Å². The standard InChI is InChI=1S/C15H16F2O3.C12H10F2O3/c1-3-20-14(18)9-7-15(9)5-4-8-10(16)6-11(19-2)13(17)12(8)15;13-7-3-8(15)10(14)9-5(7)1-2-12(9)4-6(12)11(16)17/h6,9H,3-5,7H2,1-2H3;3,6,15H,1-2,4H2,(H,16,17). The van der Waals surface area contributed by atoms with Crippen LogP contribution in [0.1, 0.15) is 54.9 Å². The van der Waals surface area contributed by atoms with E-state index in [0.717, 1.165) is 12.1 Å². The molecule has 2 saturated carbocycles. The molecule has 2 fully saturated rings. The van der Waals surface area contributed by atoms with Gasteiger partial charge in [0.15, 0.2) is 23.1 Å². The van der Waals surface area contributed by atoms with Crippen LogP contribution >= 0.6 is 0 Å². The molecule has 10 heteroatoms. The van der Waals surface area contributed by atoms with Crippen LogP contribution in [0.2, 0.25) is 0 Å². The molecule has 2 spiro atoms. The molecule has 0 amide bonds. The van der Waals surface area contributed by atoms with E-state index >= 15 is 0 Å². The number of hydrogen-bond donors (Lipinski definition) is 2. The average Bonchev–Trinajstić information content (AvgIpc) is 3.65. The third-order valence-electron chi connectivity index (χ3n) is 8.46. The molecule has 6 rings (SSSR count). The van der Waals surface area contributed by atoms with Crippen LogP contribution in [0.25, 0.3) is 0 Å². The molecule has 0 aromatic heterocycles. The van der Waals surface area contributed by atoms with Crippen molar-refractivity contribution in [2.75, 3.05) is 13.7 Å². The quantitative estimate of drug-likeness (QED) is 0.447. The highest BCUT2D eigenvalue weighted by molar-refractivity contribution is 5.80. The number of carboxylic acid groups (broad SMARTS) is 1. The summed E-state index contributed by atoms with van der Waals surface area (Å²) >= 11 is 0. The third kappa shape index (κ3) is 3.67. The molecule has 2 N–H and O–H groups in total. The van der Waals surface area contributed by atoms with Crippen molar-refractivity contribution in [3.05, 3.63) is 57.7 Å². The predicted molar refractivity (Wildman–Crippen MR) is 121 cm³/mol. The Labute approximate surface area is 210 Å². The number of carbonyl (C=O) groups is 2. The Morgan fingerprint density at radius 2 is 1.49 bits per heavy atom. The number of hydrogen-bond acceptors (Lipinski definition) is 5. The van der Waals surface area contributed by atoms with E-state index in [4.69, 9.17) is 14.6 Å². The lowest BCUT2D eigenvalue weighted by molar-refractivity contribution is -0.145. The number of carboxylic acids is 1. The van der Waals surface area contributed by atoms with Crippen molar-refractivity contribution >= 4 is 11.9 Å². The fraction of sp³-hybridized carbons (Fsp3) is 0.481. The number of halogens is 4. The van der Waals surface area contributed by atoms with Crippen molar-refractivity contribution in [1.29, 1.82) is 0 Å². The number of benzene rings is 2. The highest BCUT2D eigenvalue weighted by Gasteiger charge is 2.65. The number of esters is 1. The Morgan fingerprint density at radius 1 is 0.946 bits per heavy atom. The SMILES string of the molecule is CCOC(=O)C1CC12CCc1c(F)cc(OC)c(F)c12.O=C(O)C1CC12CCc1c(F)cc(O)c(F)c12. The minimum absolute atomic E-state index is 0.0856. The average molecular weight is 522 g/mol. The molecule has 0 saturated heterocycles. The smallest absolute Gasteiger partial charge is 0.309 e. The van der Waals surface area contributed by atoms with Gasteiger partial charge in [-0.2, -0.15) is 0 Å². The maximum atomic E-state index is 14.5. The first kappa shape index (κ1) is 25.4. The zero-order chi connectivity index (χ0) is 26.9. The second-order valence-electron chi connectivity index (χ2n) is 10.2. The van der Waals surface area contributed by atoms with Gasteiger partial charge in [0.05, 0.1) is 25.6 Å². The summed E-state index contributed by atoms with van der Waals surface area (Å²) < 4.78 is 65.8. The fourth-order valence-electron chi connectivity index (χ4n) is 6.50. The van der Waals surface area contributed by atoms with Crippen LogP contribution in [0, 0.1) is 35.1 Å². The van der Waals surface area contributed by atoms with Crippen molar-refractivity contribution < 1.29 is 46.8 Å². The van der Waals surface area contributed by atoms with E-state index in [1.807, 2.05) is 0 Å². The number of phenolic OH excluding ortho intramolecular Hbond substituents is 1. The van der Waals surface area contributed by atoms with Gasteiger partial charge in [-0.25, -0.2) is 17.6 Å². The van der Waals surface area contributed by atoms with Gasteiger partial charge in [0.1, 0.15) is 11.6 Å². The van der Waals surface area contributed by atoms with Gasteiger partial charge in [0.2, 0.25) is 0 Å². The molecule has 2 aromatic rings. The van der Waals surface area contributed by atoms with Crippen LogP contribution in [-0.2, 0) is 38.0 Å². The van der Waals surface area contributed by atoms with E-state index in [2.05, 4.69) is 0 Å². The lowest BCUT2D eigenvalue weighted by Gasteiger charge is -2.14. The van der Waals surface area contributed by atoms with Gasteiger partial charge >= 0.3 is 11.9 Å². The molecule has 4 aliphatic carbocycles. The van der Waals surface area contributed by atoms with Crippen LogP contribution in [0.4, 0.5) is 17.6 Å². The number of aromatic hydroxyl groups is 1. The van der Waals surface area contributed by atoms with E-state index < -0.39 is 51.7 Å². The number of aliphatic carboxylic acids is 1. The zero-order valence-electron chi connectivity index (χ0n) is 20.3. The van der Waals surface area contributed by atoms with E-state index in [-0.39, 0.29) is 28.8 Å². The number of carbonyl (C=O) groups excluding carboxylic acids is 1. The Bertz CT molecular complexity index is 1330. The molecule has 0 radical (unpaired) electrons. The summed E-state index contributed by atoms with van der Waals surface area (Å²) in [4.78, 5) is 22.8. The summed E-state index contributed by atoms with van der Waals surface area (Å²) in [7, 11) is 1.31. The molecule has 0 aliphatic heterocycles. The van der Waals surface area contributed by atoms with Crippen LogP contribution in [0.15, 0.2) is 12.1 Å². The molecule has 4 atom stereocenters. The summed E-state index contributed by atoms with van der Waals surface area (Å²) in [5.74, 6) is -5.64. The Kier molecular flexibility index (Phi) is 5.91. The normalized spacial score (nSPS) is 27.8. The number of rotatable bonds is 4. The highest BCUT2D eigenvalue weighted by atomic mass is 19.1. The minimum Gasteiger partial charge on any atom is -0.505 e. The molecule has 4 aliphatic rings. The van der Waals surface area contributed by atoms with E-state index in [0.29, 0.717) is 56.3 Å². The molecule has 2 aromatic carbocycles. The molecule has 0 heterocycles. The minimum atomic E-state index is -0.985. The van der Waals surface area contributed by atoms with E-state index in [1.165, 1.54) is 7.11 Å². The molecule has 198 valence electrons. The first-order valence-electron chi connectivity index (χ1n) is 12.2. The highest BCUT2D eigenvalue weighted by Crippen LogP contribution is 2.64. The van der Waals surface area contributed by atoms with Crippen LogP contribution in [-0.4, -0.2) is 35.9 Å². The van der Waals surface area contributed by atoms with Gasteiger partial charge in [0, 0.05) is 34.1 Å². The zero-order valence-corrected chi connectivity index (χ0v) is 20.3. The van der Waals surface area contributed by atoms with Gasteiger partial charge < -0.3 is 19.7 Å². The largest absolute Gasteiger partial charge is 0.505 e. The van der Waals surface area contributed by atoms with Gasteiger partial charge in [-0.1, -0.05) is 0 Å².